The highest BCUT2D eigenvalue weighted by Crippen LogP contribution is 2.30. The van der Waals surface area contributed by atoms with Gasteiger partial charge >= 0.3 is 0 Å². The van der Waals surface area contributed by atoms with E-state index in [4.69, 9.17) is 0 Å². The van der Waals surface area contributed by atoms with Crippen molar-refractivity contribution in [1.29, 1.82) is 0 Å². The summed E-state index contributed by atoms with van der Waals surface area (Å²) in [5, 5.41) is 2.89. The summed E-state index contributed by atoms with van der Waals surface area (Å²) in [5.41, 5.74) is 3.51. The van der Waals surface area contributed by atoms with Crippen molar-refractivity contribution in [2.24, 2.45) is 0 Å². The first kappa shape index (κ1) is 17.7. The summed E-state index contributed by atoms with van der Waals surface area (Å²) in [6.07, 6.45) is 3.28. The van der Waals surface area contributed by atoms with Gasteiger partial charge in [0.25, 0.3) is 0 Å². The van der Waals surface area contributed by atoms with Crippen molar-refractivity contribution in [3.8, 4) is 0 Å². The normalized spacial score (nSPS) is 18.4. The maximum absolute atomic E-state index is 11.6. The van der Waals surface area contributed by atoms with E-state index < -0.39 is 0 Å². The topological polar surface area (TPSA) is 35.6 Å². The van der Waals surface area contributed by atoms with Crippen molar-refractivity contribution in [3.63, 3.8) is 0 Å². The van der Waals surface area contributed by atoms with Crippen molar-refractivity contribution in [2.75, 3.05) is 33.0 Å². The minimum Gasteiger partial charge on any atom is -0.323 e. The highest BCUT2D eigenvalue weighted by molar-refractivity contribution is 5.99. The van der Waals surface area contributed by atoms with E-state index in [1.54, 1.807) is 6.08 Å². The molecule has 0 saturated carbocycles. The monoisotopic (exact) mass is 309 g/mol. The lowest BCUT2D eigenvalue weighted by atomic mass is 9.94. The molecule has 5 heteroatoms. The van der Waals surface area contributed by atoms with Crippen molar-refractivity contribution in [2.45, 2.75) is 19.5 Å². The summed E-state index contributed by atoms with van der Waals surface area (Å²) in [4.78, 5) is 16.2. The number of amides is 1. The number of hydrogen-bond acceptors (Lipinski definition) is 3. The summed E-state index contributed by atoms with van der Waals surface area (Å²) in [7, 11) is 6.34. The van der Waals surface area contributed by atoms with Gasteiger partial charge in [-0.05, 0) is 57.4 Å². The van der Waals surface area contributed by atoms with Gasteiger partial charge in [-0.2, -0.15) is 0 Å². The number of carbonyl (C=O) groups excluding carboxylic acids is 1. The van der Waals surface area contributed by atoms with Crippen LogP contribution in [0.5, 0.6) is 0 Å². The molecule has 1 aliphatic heterocycles. The van der Waals surface area contributed by atoms with Crippen molar-refractivity contribution < 1.29 is 4.79 Å². The molecule has 1 N–H and O–H groups in total. The first-order valence-corrected chi connectivity index (χ1v) is 6.92. The Morgan fingerprint density at radius 2 is 2.14 bits per heavy atom. The van der Waals surface area contributed by atoms with E-state index in [9.17, 15) is 4.79 Å². The molecule has 21 heavy (non-hydrogen) atoms. The van der Waals surface area contributed by atoms with Gasteiger partial charge in [-0.1, -0.05) is 12.1 Å². The molecule has 1 aliphatic rings. The average molecular weight is 310 g/mol. The lowest BCUT2D eigenvalue weighted by molar-refractivity contribution is -0.111. The van der Waals surface area contributed by atoms with Gasteiger partial charge in [0, 0.05) is 24.8 Å². The summed E-state index contributed by atoms with van der Waals surface area (Å²) in [5.74, 6) is -0.0826. The average Bonchev–Trinajstić information content (AvgIpc) is 2.37. The van der Waals surface area contributed by atoms with Gasteiger partial charge in [0.2, 0.25) is 5.91 Å². The standard InChI is InChI=1S/C16H23N3O.ClH/c1-5-6-16(20)17-13-7-8-14-12(9-13)10-19(4)11-15(14)18(2)3;/h5-9,15H,10-11H2,1-4H3,(H,17,20);1H/b6-5+;. The number of benzene rings is 1. The summed E-state index contributed by atoms with van der Waals surface area (Å²) in [6, 6.07) is 6.62. The fraction of sp³-hybridized carbons (Fsp3) is 0.438. The molecular formula is C16H24ClN3O. The van der Waals surface area contributed by atoms with Crippen LogP contribution in [0.15, 0.2) is 30.4 Å². The van der Waals surface area contributed by atoms with E-state index in [1.807, 2.05) is 13.0 Å². The molecule has 116 valence electrons. The Bertz CT molecular complexity index is 528. The molecule has 1 amide bonds. The van der Waals surface area contributed by atoms with Crippen LogP contribution in [-0.4, -0.2) is 43.4 Å². The SMILES string of the molecule is C/C=C/C(=O)Nc1ccc2c(c1)CN(C)CC2N(C)C.Cl. The minimum atomic E-state index is -0.0826. The molecule has 4 nitrogen and oxygen atoms in total. The van der Waals surface area contributed by atoms with Crippen molar-refractivity contribution >= 4 is 24.0 Å². The molecule has 0 saturated heterocycles. The molecule has 0 spiro atoms. The number of allylic oxidation sites excluding steroid dienone is 1. The van der Waals surface area contributed by atoms with Crippen LogP contribution in [-0.2, 0) is 11.3 Å². The fourth-order valence-corrected chi connectivity index (χ4v) is 2.67. The number of hydrogen-bond donors (Lipinski definition) is 1. The Hall–Kier alpha value is -1.36. The zero-order valence-corrected chi connectivity index (χ0v) is 13.9. The van der Waals surface area contributed by atoms with Gasteiger partial charge in [0.05, 0.1) is 0 Å². The third kappa shape index (κ3) is 4.30. The second-order valence-electron chi connectivity index (χ2n) is 5.58. The van der Waals surface area contributed by atoms with Gasteiger partial charge < -0.3 is 15.1 Å². The van der Waals surface area contributed by atoms with Crippen LogP contribution in [0.3, 0.4) is 0 Å². The lowest BCUT2D eigenvalue weighted by Crippen LogP contribution is -2.37. The number of nitrogens with one attached hydrogen (secondary N) is 1. The summed E-state index contributed by atoms with van der Waals surface area (Å²) in [6.45, 7) is 3.79. The van der Waals surface area contributed by atoms with Crippen LogP contribution in [0, 0.1) is 0 Å². The number of halogens is 1. The van der Waals surface area contributed by atoms with E-state index in [1.165, 1.54) is 17.2 Å². The predicted octanol–water partition coefficient (Wildman–Crippen LogP) is 2.67. The Morgan fingerprint density at radius 1 is 1.43 bits per heavy atom. The second-order valence-corrected chi connectivity index (χ2v) is 5.58. The van der Waals surface area contributed by atoms with Gasteiger partial charge in [-0.25, -0.2) is 0 Å². The third-order valence-corrected chi connectivity index (χ3v) is 3.64. The number of carbonyl (C=O) groups is 1. The van der Waals surface area contributed by atoms with Crippen LogP contribution in [0.2, 0.25) is 0 Å². The molecule has 1 unspecified atom stereocenters. The molecule has 1 atom stereocenters. The molecule has 1 heterocycles. The fourth-order valence-electron chi connectivity index (χ4n) is 2.67. The second kappa shape index (κ2) is 7.59. The molecule has 0 bridgehead atoms. The highest BCUT2D eigenvalue weighted by Gasteiger charge is 2.24. The molecular weight excluding hydrogens is 286 g/mol. The zero-order chi connectivity index (χ0) is 14.7. The molecule has 2 rings (SSSR count). The summed E-state index contributed by atoms with van der Waals surface area (Å²) < 4.78 is 0. The van der Waals surface area contributed by atoms with E-state index in [0.717, 1.165) is 18.8 Å². The smallest absolute Gasteiger partial charge is 0.248 e. The van der Waals surface area contributed by atoms with Gasteiger partial charge in [-0.3, -0.25) is 4.79 Å². The van der Waals surface area contributed by atoms with Gasteiger partial charge in [0.1, 0.15) is 0 Å². The first-order chi connectivity index (χ1) is 9.51. The number of nitrogens with zero attached hydrogens (tertiary/aromatic N) is 2. The Labute approximate surface area is 133 Å². The predicted molar refractivity (Wildman–Crippen MR) is 89.9 cm³/mol. The molecule has 0 radical (unpaired) electrons. The third-order valence-electron chi connectivity index (χ3n) is 3.64. The molecule has 0 aliphatic carbocycles. The molecule has 0 fully saturated rings. The largest absolute Gasteiger partial charge is 0.323 e. The van der Waals surface area contributed by atoms with E-state index in [2.05, 4.69) is 48.4 Å². The van der Waals surface area contributed by atoms with Crippen molar-refractivity contribution in [3.05, 3.63) is 41.5 Å². The van der Waals surface area contributed by atoms with Crippen molar-refractivity contribution in [1.82, 2.24) is 9.80 Å². The van der Waals surface area contributed by atoms with E-state index in [0.29, 0.717) is 6.04 Å². The molecule has 0 aromatic heterocycles. The van der Waals surface area contributed by atoms with Crippen LogP contribution in [0.25, 0.3) is 0 Å². The van der Waals surface area contributed by atoms with Crippen LogP contribution in [0.1, 0.15) is 24.1 Å². The Balaban J connectivity index is 0.00000220. The lowest BCUT2D eigenvalue weighted by Gasteiger charge is -2.36. The maximum Gasteiger partial charge on any atom is 0.248 e. The van der Waals surface area contributed by atoms with E-state index >= 15 is 0 Å². The first-order valence-electron chi connectivity index (χ1n) is 6.92. The maximum atomic E-state index is 11.6. The van der Waals surface area contributed by atoms with Crippen LogP contribution >= 0.6 is 12.4 Å². The van der Waals surface area contributed by atoms with Crippen LogP contribution < -0.4 is 5.32 Å². The van der Waals surface area contributed by atoms with Gasteiger partial charge in [-0.15, -0.1) is 12.4 Å². The highest BCUT2D eigenvalue weighted by atomic mass is 35.5. The summed E-state index contributed by atoms with van der Waals surface area (Å²) >= 11 is 0. The van der Waals surface area contributed by atoms with Gasteiger partial charge in [0.15, 0.2) is 0 Å². The van der Waals surface area contributed by atoms with E-state index in [-0.39, 0.29) is 18.3 Å². The number of rotatable bonds is 3. The number of anilines is 1. The minimum absolute atomic E-state index is 0. The molecule has 1 aromatic carbocycles. The molecule has 1 aromatic rings. The van der Waals surface area contributed by atoms with Crippen LogP contribution in [0.4, 0.5) is 5.69 Å². The number of fused-ring (bicyclic) bond motifs is 1. The zero-order valence-electron chi connectivity index (χ0n) is 13.1. The number of likely N-dealkylation sites (N-methyl/N-ethyl adjacent to an activating group) is 2. The Morgan fingerprint density at radius 3 is 2.76 bits per heavy atom. The Kier molecular flexibility index (Phi) is 6.40. The quantitative estimate of drug-likeness (QED) is 0.872.